The minimum absolute atomic E-state index is 0.0195. The third kappa shape index (κ3) is 5.95. The van der Waals surface area contributed by atoms with Crippen LogP contribution in [0.1, 0.15) is 25.0 Å². The number of hydrogen-bond acceptors (Lipinski definition) is 2. The number of carbonyl (C=O) groups is 2. The highest BCUT2D eigenvalue weighted by Gasteiger charge is 2.16. The molecule has 1 atom stereocenters. The van der Waals surface area contributed by atoms with Crippen LogP contribution in [0.2, 0.25) is 0 Å². The summed E-state index contributed by atoms with van der Waals surface area (Å²) in [5.74, 6) is -0.0845. The summed E-state index contributed by atoms with van der Waals surface area (Å²) in [6.45, 7) is 9.78. The highest BCUT2D eigenvalue weighted by Crippen LogP contribution is 2.15. The minimum Gasteiger partial charge on any atom is -0.351 e. The first-order valence-corrected chi connectivity index (χ1v) is 7.43. The van der Waals surface area contributed by atoms with Gasteiger partial charge in [0.15, 0.2) is 13.1 Å². The summed E-state index contributed by atoms with van der Waals surface area (Å²) in [6, 6.07) is 5.97. The molecule has 0 aliphatic carbocycles. The van der Waals surface area contributed by atoms with Crippen molar-refractivity contribution in [1.29, 1.82) is 0 Å². The molecule has 1 aromatic rings. The lowest BCUT2D eigenvalue weighted by atomic mass is 10.1. The summed E-state index contributed by atoms with van der Waals surface area (Å²) >= 11 is 0. The van der Waals surface area contributed by atoms with E-state index in [4.69, 9.17) is 0 Å². The van der Waals surface area contributed by atoms with Gasteiger partial charge in [-0.1, -0.05) is 12.1 Å². The van der Waals surface area contributed by atoms with Gasteiger partial charge in [0.2, 0.25) is 0 Å². The van der Waals surface area contributed by atoms with Gasteiger partial charge in [-0.05, 0) is 44.9 Å². The molecule has 0 aliphatic heterocycles. The van der Waals surface area contributed by atoms with Crippen LogP contribution in [0.25, 0.3) is 0 Å². The number of quaternary nitrogens is 1. The average molecular weight is 292 g/mol. The van der Waals surface area contributed by atoms with Gasteiger partial charge in [0.25, 0.3) is 11.8 Å². The summed E-state index contributed by atoms with van der Waals surface area (Å²) in [5.41, 5.74) is 2.99. The first kappa shape index (κ1) is 17.2. The highest BCUT2D eigenvalue weighted by molar-refractivity contribution is 5.92. The molecule has 2 amide bonds. The summed E-state index contributed by atoms with van der Waals surface area (Å²) < 4.78 is 0. The van der Waals surface area contributed by atoms with Crippen molar-refractivity contribution in [3.63, 3.8) is 0 Å². The van der Waals surface area contributed by atoms with Gasteiger partial charge >= 0.3 is 0 Å². The standard InChI is InChI=1S/C16H25N3O2/c1-5-17-15(20)10-19(6-2)11-16(21)18-14-9-12(3)7-8-13(14)4/h7-9H,5-6,10-11H2,1-4H3,(H,17,20)(H,18,21)/p+1. The Labute approximate surface area is 126 Å². The van der Waals surface area contributed by atoms with Crippen LogP contribution >= 0.6 is 0 Å². The number of anilines is 1. The van der Waals surface area contributed by atoms with Crippen LogP contribution < -0.4 is 15.5 Å². The first-order chi connectivity index (χ1) is 9.96. The maximum absolute atomic E-state index is 12.1. The van der Waals surface area contributed by atoms with Crippen molar-refractivity contribution >= 4 is 17.5 Å². The van der Waals surface area contributed by atoms with E-state index >= 15 is 0 Å². The second kappa shape index (κ2) is 8.42. The van der Waals surface area contributed by atoms with Crippen molar-refractivity contribution in [2.75, 3.05) is 31.5 Å². The number of amides is 2. The molecule has 0 fully saturated rings. The van der Waals surface area contributed by atoms with Crippen molar-refractivity contribution in [3.05, 3.63) is 29.3 Å². The fourth-order valence-corrected chi connectivity index (χ4v) is 2.09. The Kier molecular flexibility index (Phi) is 6.88. The van der Waals surface area contributed by atoms with Crippen LogP contribution in [0.4, 0.5) is 5.69 Å². The normalized spacial score (nSPS) is 11.8. The van der Waals surface area contributed by atoms with Gasteiger partial charge in [0.1, 0.15) is 0 Å². The van der Waals surface area contributed by atoms with E-state index in [2.05, 4.69) is 10.6 Å². The Bertz CT molecular complexity index is 500. The van der Waals surface area contributed by atoms with Crippen LogP contribution in [0, 0.1) is 13.8 Å². The number of likely N-dealkylation sites (N-methyl/N-ethyl adjacent to an activating group) is 2. The van der Waals surface area contributed by atoms with Crippen LogP contribution in [-0.4, -0.2) is 38.0 Å². The second-order valence-electron chi connectivity index (χ2n) is 5.28. The Hall–Kier alpha value is -1.88. The molecule has 0 radical (unpaired) electrons. The zero-order chi connectivity index (χ0) is 15.8. The molecule has 116 valence electrons. The number of hydrogen-bond donors (Lipinski definition) is 3. The topological polar surface area (TPSA) is 62.6 Å². The molecule has 0 bridgehead atoms. The molecule has 0 spiro atoms. The fraction of sp³-hybridized carbons (Fsp3) is 0.500. The van der Waals surface area contributed by atoms with Crippen molar-refractivity contribution in [3.8, 4) is 0 Å². The summed E-state index contributed by atoms with van der Waals surface area (Å²) in [6.07, 6.45) is 0. The van der Waals surface area contributed by atoms with E-state index in [0.717, 1.165) is 28.3 Å². The molecule has 1 unspecified atom stereocenters. The first-order valence-electron chi connectivity index (χ1n) is 7.43. The van der Waals surface area contributed by atoms with Crippen LogP contribution in [0.5, 0.6) is 0 Å². The Morgan fingerprint density at radius 1 is 1.10 bits per heavy atom. The fourth-order valence-electron chi connectivity index (χ4n) is 2.09. The zero-order valence-corrected chi connectivity index (χ0v) is 13.4. The summed E-state index contributed by atoms with van der Waals surface area (Å²) in [7, 11) is 0. The average Bonchev–Trinajstić information content (AvgIpc) is 2.42. The second-order valence-corrected chi connectivity index (χ2v) is 5.28. The maximum atomic E-state index is 12.1. The van der Waals surface area contributed by atoms with Crippen molar-refractivity contribution in [2.24, 2.45) is 0 Å². The molecule has 0 saturated heterocycles. The van der Waals surface area contributed by atoms with E-state index in [-0.39, 0.29) is 11.8 Å². The largest absolute Gasteiger partial charge is 0.351 e. The van der Waals surface area contributed by atoms with Crippen LogP contribution in [0.3, 0.4) is 0 Å². The van der Waals surface area contributed by atoms with E-state index in [1.54, 1.807) is 0 Å². The Morgan fingerprint density at radius 2 is 1.76 bits per heavy atom. The molecule has 5 nitrogen and oxygen atoms in total. The van der Waals surface area contributed by atoms with Crippen LogP contribution in [-0.2, 0) is 9.59 Å². The van der Waals surface area contributed by atoms with E-state index in [0.29, 0.717) is 19.6 Å². The summed E-state index contributed by atoms with van der Waals surface area (Å²) in [4.78, 5) is 24.7. The zero-order valence-electron chi connectivity index (χ0n) is 13.4. The monoisotopic (exact) mass is 292 g/mol. The van der Waals surface area contributed by atoms with E-state index in [1.807, 2.05) is 45.9 Å². The Balaban J connectivity index is 2.58. The number of aryl methyl sites for hydroxylation is 2. The van der Waals surface area contributed by atoms with Gasteiger partial charge in [-0.25, -0.2) is 0 Å². The van der Waals surface area contributed by atoms with E-state index < -0.39 is 0 Å². The predicted molar refractivity (Wildman–Crippen MR) is 84.5 cm³/mol. The number of nitrogens with one attached hydrogen (secondary N) is 3. The minimum atomic E-state index is -0.0650. The lowest BCUT2D eigenvalue weighted by Gasteiger charge is -2.17. The molecule has 0 saturated carbocycles. The van der Waals surface area contributed by atoms with Crippen LogP contribution in [0.15, 0.2) is 18.2 Å². The van der Waals surface area contributed by atoms with E-state index in [9.17, 15) is 9.59 Å². The lowest BCUT2D eigenvalue weighted by Crippen LogP contribution is -3.14. The number of rotatable bonds is 7. The summed E-state index contributed by atoms with van der Waals surface area (Å²) in [5, 5.41) is 5.69. The molecule has 0 heterocycles. The van der Waals surface area contributed by atoms with Crippen molar-refractivity contribution in [2.45, 2.75) is 27.7 Å². The lowest BCUT2D eigenvalue weighted by molar-refractivity contribution is -0.881. The third-order valence-corrected chi connectivity index (χ3v) is 3.36. The van der Waals surface area contributed by atoms with Gasteiger partial charge in [0, 0.05) is 12.2 Å². The number of carbonyl (C=O) groups excluding carboxylic acids is 2. The predicted octanol–water partition coefficient (Wildman–Crippen LogP) is 0.283. The molecule has 1 aromatic carbocycles. The molecular formula is C16H26N3O2+. The third-order valence-electron chi connectivity index (χ3n) is 3.36. The van der Waals surface area contributed by atoms with Gasteiger partial charge in [-0.15, -0.1) is 0 Å². The van der Waals surface area contributed by atoms with Gasteiger partial charge in [-0.2, -0.15) is 0 Å². The molecule has 0 aliphatic rings. The SMILES string of the molecule is CCNC(=O)C[NH+](CC)CC(=O)Nc1cc(C)ccc1C. The van der Waals surface area contributed by atoms with Gasteiger partial charge < -0.3 is 15.5 Å². The molecular weight excluding hydrogens is 266 g/mol. The van der Waals surface area contributed by atoms with Gasteiger partial charge in [-0.3, -0.25) is 9.59 Å². The highest BCUT2D eigenvalue weighted by atomic mass is 16.2. The van der Waals surface area contributed by atoms with Crippen molar-refractivity contribution in [1.82, 2.24) is 5.32 Å². The molecule has 0 aromatic heterocycles. The molecule has 5 heteroatoms. The number of benzene rings is 1. The van der Waals surface area contributed by atoms with Gasteiger partial charge in [0.05, 0.1) is 6.54 Å². The van der Waals surface area contributed by atoms with Crippen molar-refractivity contribution < 1.29 is 14.5 Å². The molecule has 21 heavy (non-hydrogen) atoms. The Morgan fingerprint density at radius 3 is 2.38 bits per heavy atom. The smallest absolute Gasteiger partial charge is 0.279 e. The quantitative estimate of drug-likeness (QED) is 0.676. The van der Waals surface area contributed by atoms with E-state index in [1.165, 1.54) is 0 Å². The maximum Gasteiger partial charge on any atom is 0.279 e. The molecule has 1 rings (SSSR count). The molecule has 3 N–H and O–H groups in total.